The van der Waals surface area contributed by atoms with Crippen LogP contribution in [-0.4, -0.2) is 21.2 Å². The van der Waals surface area contributed by atoms with Crippen molar-refractivity contribution in [2.75, 3.05) is 5.32 Å². The van der Waals surface area contributed by atoms with Gasteiger partial charge in [0.25, 0.3) is 5.91 Å². The Morgan fingerprint density at radius 2 is 1.79 bits per heavy atom. The molecule has 0 unspecified atom stereocenters. The molecule has 0 aliphatic carbocycles. The van der Waals surface area contributed by atoms with Crippen LogP contribution in [0.4, 0.5) is 5.69 Å². The molecule has 0 saturated heterocycles. The van der Waals surface area contributed by atoms with E-state index in [2.05, 4.69) is 35.9 Å². The molecule has 3 aromatic rings. The van der Waals surface area contributed by atoms with Gasteiger partial charge >= 0.3 is 0 Å². The lowest BCUT2D eigenvalue weighted by Gasteiger charge is -2.18. The van der Waals surface area contributed by atoms with Gasteiger partial charge in [-0.05, 0) is 58.4 Å². The summed E-state index contributed by atoms with van der Waals surface area (Å²) >= 11 is 0. The molecular formula is C20H24N2O2. The molecule has 2 aromatic carbocycles. The highest BCUT2D eigenvalue weighted by Crippen LogP contribution is 2.36. The van der Waals surface area contributed by atoms with Crippen LogP contribution in [0, 0.1) is 6.92 Å². The van der Waals surface area contributed by atoms with Crippen LogP contribution in [0.25, 0.3) is 21.8 Å². The van der Waals surface area contributed by atoms with E-state index in [0.717, 1.165) is 22.2 Å². The predicted molar refractivity (Wildman–Crippen MR) is 99.5 cm³/mol. The van der Waals surface area contributed by atoms with Gasteiger partial charge in [0, 0.05) is 33.5 Å². The van der Waals surface area contributed by atoms with Gasteiger partial charge in [0.05, 0.1) is 0 Å². The quantitative estimate of drug-likeness (QED) is 0.750. The lowest BCUT2D eigenvalue weighted by molar-refractivity contribution is -0.130. The first-order valence-corrected chi connectivity index (χ1v) is 8.28. The van der Waals surface area contributed by atoms with Crippen LogP contribution in [0.3, 0.4) is 0 Å². The summed E-state index contributed by atoms with van der Waals surface area (Å²) in [4.78, 5) is 12.1. The van der Waals surface area contributed by atoms with Crippen LogP contribution in [0.15, 0.2) is 36.4 Å². The highest BCUT2D eigenvalue weighted by atomic mass is 16.3. The fourth-order valence-electron chi connectivity index (χ4n) is 3.23. The zero-order valence-electron chi connectivity index (χ0n) is 14.8. The molecule has 24 heavy (non-hydrogen) atoms. The molecule has 0 saturated carbocycles. The number of rotatable bonds is 3. The van der Waals surface area contributed by atoms with Crippen LogP contribution >= 0.6 is 0 Å². The Morgan fingerprint density at radius 3 is 2.42 bits per heavy atom. The number of hydrogen-bond acceptors (Lipinski definition) is 2. The van der Waals surface area contributed by atoms with E-state index in [1.54, 1.807) is 0 Å². The first-order valence-electron chi connectivity index (χ1n) is 8.28. The SMILES string of the molecule is Cc1c(NC(=O)C(C)(C)O)ccc2c1c1ccccc1n2C(C)C. The molecule has 3 rings (SSSR count). The van der Waals surface area contributed by atoms with Crippen LogP contribution in [-0.2, 0) is 4.79 Å². The van der Waals surface area contributed by atoms with E-state index >= 15 is 0 Å². The van der Waals surface area contributed by atoms with Gasteiger partial charge in [-0.25, -0.2) is 0 Å². The van der Waals surface area contributed by atoms with Crippen LogP contribution in [0.5, 0.6) is 0 Å². The predicted octanol–water partition coefficient (Wildman–Crippen LogP) is 4.39. The topological polar surface area (TPSA) is 54.3 Å². The van der Waals surface area contributed by atoms with Crippen LogP contribution in [0.1, 0.15) is 39.3 Å². The molecule has 0 aliphatic heterocycles. The Bertz CT molecular complexity index is 930. The Morgan fingerprint density at radius 1 is 1.12 bits per heavy atom. The van der Waals surface area contributed by atoms with Gasteiger partial charge in [0.15, 0.2) is 0 Å². The monoisotopic (exact) mass is 324 g/mol. The minimum Gasteiger partial charge on any atom is -0.381 e. The summed E-state index contributed by atoms with van der Waals surface area (Å²) in [5.41, 5.74) is 2.69. The number of aromatic nitrogens is 1. The Labute approximate surface area is 142 Å². The van der Waals surface area contributed by atoms with Gasteiger partial charge in [-0.15, -0.1) is 0 Å². The first kappa shape index (κ1) is 16.5. The molecule has 0 spiro atoms. The third-order valence-corrected chi connectivity index (χ3v) is 4.46. The minimum atomic E-state index is -1.41. The average Bonchev–Trinajstić information content (AvgIpc) is 2.84. The maximum Gasteiger partial charge on any atom is 0.255 e. The number of nitrogens with one attached hydrogen (secondary N) is 1. The third kappa shape index (κ3) is 2.57. The van der Waals surface area contributed by atoms with Crippen molar-refractivity contribution in [2.45, 2.75) is 46.3 Å². The van der Waals surface area contributed by atoms with E-state index in [0.29, 0.717) is 6.04 Å². The van der Waals surface area contributed by atoms with Gasteiger partial charge in [0.1, 0.15) is 5.60 Å². The smallest absolute Gasteiger partial charge is 0.255 e. The molecule has 0 bridgehead atoms. The van der Waals surface area contributed by atoms with Crippen molar-refractivity contribution in [3.05, 3.63) is 42.0 Å². The number of carbonyl (C=O) groups is 1. The molecule has 0 atom stereocenters. The summed E-state index contributed by atoms with van der Waals surface area (Å²) in [7, 11) is 0. The molecule has 0 fully saturated rings. The van der Waals surface area contributed by atoms with E-state index in [9.17, 15) is 9.90 Å². The fourth-order valence-corrected chi connectivity index (χ4v) is 3.23. The highest BCUT2D eigenvalue weighted by molar-refractivity contribution is 6.12. The van der Waals surface area contributed by atoms with E-state index in [-0.39, 0.29) is 0 Å². The maximum absolute atomic E-state index is 12.1. The first-order chi connectivity index (χ1) is 11.2. The standard InChI is InChI=1S/C20H24N2O2/c1-12(2)22-16-9-7-6-8-14(16)18-13(3)15(10-11-17(18)22)21-19(23)20(4,5)24/h6-12,24H,1-5H3,(H,21,23). The number of benzene rings is 2. The highest BCUT2D eigenvalue weighted by Gasteiger charge is 2.25. The van der Waals surface area contributed by atoms with Gasteiger partial charge in [-0.1, -0.05) is 18.2 Å². The molecule has 2 N–H and O–H groups in total. The second kappa shape index (κ2) is 5.64. The van der Waals surface area contributed by atoms with Crippen molar-refractivity contribution in [1.29, 1.82) is 0 Å². The molecule has 126 valence electrons. The Balaban J connectivity index is 2.26. The normalized spacial score (nSPS) is 12.3. The van der Waals surface area contributed by atoms with Gasteiger partial charge in [-0.2, -0.15) is 0 Å². The van der Waals surface area contributed by atoms with Crippen molar-refractivity contribution >= 4 is 33.4 Å². The lowest BCUT2D eigenvalue weighted by atomic mass is 10.0. The van der Waals surface area contributed by atoms with Crippen molar-refractivity contribution < 1.29 is 9.90 Å². The fraction of sp³-hybridized carbons (Fsp3) is 0.350. The number of aryl methyl sites for hydroxylation is 1. The number of aliphatic hydroxyl groups is 1. The van der Waals surface area contributed by atoms with Gasteiger partial charge in [0.2, 0.25) is 0 Å². The molecule has 1 heterocycles. The Kier molecular flexibility index (Phi) is 3.88. The maximum atomic E-state index is 12.1. The number of hydrogen-bond donors (Lipinski definition) is 2. The summed E-state index contributed by atoms with van der Waals surface area (Å²) in [6.45, 7) is 9.33. The zero-order chi connectivity index (χ0) is 17.6. The number of carbonyl (C=O) groups excluding carboxylic acids is 1. The molecule has 0 aliphatic rings. The number of nitrogens with zero attached hydrogens (tertiary/aromatic N) is 1. The van der Waals surface area contributed by atoms with Crippen LogP contribution in [0.2, 0.25) is 0 Å². The molecule has 1 amide bonds. The minimum absolute atomic E-state index is 0.337. The van der Waals surface area contributed by atoms with E-state index in [4.69, 9.17) is 0 Å². The number of fused-ring (bicyclic) bond motifs is 3. The van der Waals surface area contributed by atoms with E-state index in [1.807, 2.05) is 31.2 Å². The third-order valence-electron chi connectivity index (χ3n) is 4.46. The second-order valence-corrected chi connectivity index (χ2v) is 7.13. The second-order valence-electron chi connectivity index (χ2n) is 7.13. The average molecular weight is 324 g/mol. The van der Waals surface area contributed by atoms with Crippen LogP contribution < -0.4 is 5.32 Å². The summed E-state index contributed by atoms with van der Waals surface area (Å²) < 4.78 is 2.32. The number of para-hydroxylation sites is 1. The van der Waals surface area contributed by atoms with E-state index in [1.165, 1.54) is 24.8 Å². The van der Waals surface area contributed by atoms with Crippen molar-refractivity contribution in [2.24, 2.45) is 0 Å². The molecule has 4 heteroatoms. The summed E-state index contributed by atoms with van der Waals surface area (Å²) in [5.74, 6) is -0.405. The van der Waals surface area contributed by atoms with Gasteiger partial charge in [-0.3, -0.25) is 4.79 Å². The zero-order valence-corrected chi connectivity index (χ0v) is 14.8. The number of anilines is 1. The summed E-state index contributed by atoms with van der Waals surface area (Å²) in [5, 5.41) is 15.1. The van der Waals surface area contributed by atoms with Gasteiger partial charge < -0.3 is 15.0 Å². The number of amides is 1. The summed E-state index contributed by atoms with van der Waals surface area (Å²) in [6.07, 6.45) is 0. The van der Waals surface area contributed by atoms with Crippen molar-refractivity contribution in [3.8, 4) is 0 Å². The van der Waals surface area contributed by atoms with E-state index < -0.39 is 11.5 Å². The molecule has 4 nitrogen and oxygen atoms in total. The van der Waals surface area contributed by atoms with Crippen molar-refractivity contribution in [3.63, 3.8) is 0 Å². The lowest BCUT2D eigenvalue weighted by Crippen LogP contribution is -2.36. The molecular weight excluding hydrogens is 300 g/mol. The molecule has 0 radical (unpaired) electrons. The largest absolute Gasteiger partial charge is 0.381 e. The Hall–Kier alpha value is -2.33. The van der Waals surface area contributed by atoms with Crippen molar-refractivity contribution in [1.82, 2.24) is 4.57 Å². The summed E-state index contributed by atoms with van der Waals surface area (Å²) in [6, 6.07) is 12.6. The molecule has 1 aromatic heterocycles.